The summed E-state index contributed by atoms with van der Waals surface area (Å²) in [5, 5.41) is 2.56. The molecule has 0 heterocycles. The fourth-order valence-electron chi connectivity index (χ4n) is 3.04. The molecule has 0 spiro atoms. The van der Waals surface area contributed by atoms with Crippen LogP contribution in [0, 0.1) is 0 Å². The molecule has 2 aromatic rings. The first kappa shape index (κ1) is 15.1. The lowest BCUT2D eigenvalue weighted by molar-refractivity contribution is 0.590. The number of rotatable bonds is 4. The largest absolute Gasteiger partial charge is 0.309 e. The second-order valence-corrected chi connectivity index (χ2v) is 8.49. The van der Waals surface area contributed by atoms with Gasteiger partial charge in [0.1, 0.15) is 0 Å². The minimum absolute atomic E-state index is 0.810. The van der Waals surface area contributed by atoms with Crippen LogP contribution in [0.2, 0.25) is 0 Å². The number of hydrogen-bond acceptors (Lipinski definition) is 1. The summed E-state index contributed by atoms with van der Waals surface area (Å²) < 4.78 is 14.1. The summed E-state index contributed by atoms with van der Waals surface area (Å²) in [7, 11) is -2.85. The van der Waals surface area contributed by atoms with Crippen molar-refractivity contribution < 1.29 is 4.57 Å². The zero-order valence-electron chi connectivity index (χ0n) is 12.7. The second kappa shape index (κ2) is 6.50. The summed E-state index contributed by atoms with van der Waals surface area (Å²) in [4.78, 5) is 0. The smallest absolute Gasteiger partial charge is 0.170 e. The summed E-state index contributed by atoms with van der Waals surface area (Å²) in [5.41, 5.74) is 1.18. The Kier molecular flexibility index (Phi) is 4.45. The van der Waals surface area contributed by atoms with Crippen molar-refractivity contribution in [3.05, 3.63) is 84.2 Å². The molecule has 0 fully saturated rings. The molecule has 1 nitrogen and oxygen atoms in total. The number of hydrogen-bond donors (Lipinski definition) is 0. The van der Waals surface area contributed by atoms with E-state index < -0.39 is 7.14 Å². The summed E-state index contributed by atoms with van der Waals surface area (Å²) in [6, 6.07) is 19.6. The molecule has 112 valence electrons. The van der Waals surface area contributed by atoms with Crippen molar-refractivity contribution in [3.8, 4) is 0 Å². The molecule has 1 aliphatic carbocycles. The van der Waals surface area contributed by atoms with Crippen LogP contribution in [-0.4, -0.2) is 0 Å². The highest BCUT2D eigenvalue weighted by Crippen LogP contribution is 2.54. The predicted molar refractivity (Wildman–Crippen MR) is 95.4 cm³/mol. The molecule has 1 aliphatic rings. The number of allylic oxidation sites excluding steroid dienone is 3. The molecule has 0 aliphatic heterocycles. The zero-order chi connectivity index (χ0) is 15.4. The molecule has 0 unspecified atom stereocenters. The average molecular weight is 308 g/mol. The molecule has 0 bridgehead atoms. The van der Waals surface area contributed by atoms with Crippen molar-refractivity contribution in [2.75, 3.05) is 0 Å². The van der Waals surface area contributed by atoms with E-state index >= 15 is 0 Å². The van der Waals surface area contributed by atoms with E-state index in [1.165, 1.54) is 12.0 Å². The lowest BCUT2D eigenvalue weighted by atomic mass is 10.00. The van der Waals surface area contributed by atoms with Crippen LogP contribution in [-0.2, 0) is 4.57 Å². The SMILES string of the molecule is C=C(C1=CCCCC1)P(=O)(c1ccccc1)c1ccccc1. The van der Waals surface area contributed by atoms with Crippen LogP contribution in [0.5, 0.6) is 0 Å². The molecular formula is C20H21OP. The predicted octanol–water partition coefficient (Wildman–Crippen LogP) is 5.01. The van der Waals surface area contributed by atoms with Crippen LogP contribution in [0.25, 0.3) is 0 Å². The Morgan fingerprint density at radius 2 is 1.41 bits per heavy atom. The van der Waals surface area contributed by atoms with Crippen molar-refractivity contribution in [2.24, 2.45) is 0 Å². The van der Waals surface area contributed by atoms with Crippen molar-refractivity contribution in [3.63, 3.8) is 0 Å². The first-order valence-electron chi connectivity index (χ1n) is 7.83. The van der Waals surface area contributed by atoms with E-state index in [1.54, 1.807) is 0 Å². The Hall–Kier alpha value is -1.85. The van der Waals surface area contributed by atoms with E-state index in [4.69, 9.17) is 0 Å². The molecule has 2 heteroatoms. The van der Waals surface area contributed by atoms with Crippen LogP contribution >= 0.6 is 7.14 Å². The maximum Gasteiger partial charge on any atom is 0.170 e. The molecule has 3 rings (SSSR count). The second-order valence-electron chi connectivity index (χ2n) is 5.70. The zero-order valence-corrected chi connectivity index (χ0v) is 13.6. The summed E-state index contributed by atoms with van der Waals surface area (Å²) in [6.07, 6.45) is 6.66. The highest BCUT2D eigenvalue weighted by molar-refractivity contribution is 7.82. The van der Waals surface area contributed by atoms with Crippen molar-refractivity contribution in [1.29, 1.82) is 0 Å². The molecule has 0 atom stereocenters. The molecule has 22 heavy (non-hydrogen) atoms. The van der Waals surface area contributed by atoms with Gasteiger partial charge >= 0.3 is 0 Å². The Balaban J connectivity index is 2.14. The molecule has 0 N–H and O–H groups in total. The maximum atomic E-state index is 14.1. The third-order valence-electron chi connectivity index (χ3n) is 4.28. The van der Waals surface area contributed by atoms with Gasteiger partial charge in [0, 0.05) is 15.9 Å². The van der Waals surface area contributed by atoms with Crippen LogP contribution in [0.1, 0.15) is 25.7 Å². The maximum absolute atomic E-state index is 14.1. The normalized spacial score (nSPS) is 15.2. The lowest BCUT2D eigenvalue weighted by Crippen LogP contribution is -2.18. The van der Waals surface area contributed by atoms with Gasteiger partial charge in [-0.15, -0.1) is 0 Å². The molecule has 0 radical (unpaired) electrons. The van der Waals surface area contributed by atoms with Crippen LogP contribution in [0.3, 0.4) is 0 Å². The molecule has 0 saturated carbocycles. The molecular weight excluding hydrogens is 287 g/mol. The van der Waals surface area contributed by atoms with Gasteiger partial charge in [0.25, 0.3) is 0 Å². The Bertz CT molecular complexity index is 685. The van der Waals surface area contributed by atoms with Gasteiger partial charge in [-0.05, 0) is 31.3 Å². The summed E-state index contributed by atoms with van der Waals surface area (Å²) >= 11 is 0. The average Bonchev–Trinajstić information content (AvgIpc) is 2.62. The fourth-order valence-corrected chi connectivity index (χ4v) is 5.75. The van der Waals surface area contributed by atoms with E-state index in [-0.39, 0.29) is 0 Å². The summed E-state index contributed by atoms with van der Waals surface area (Å²) in [5.74, 6) is 0. The van der Waals surface area contributed by atoms with Crippen molar-refractivity contribution in [1.82, 2.24) is 0 Å². The van der Waals surface area contributed by atoms with E-state index in [2.05, 4.69) is 12.7 Å². The topological polar surface area (TPSA) is 17.1 Å². The van der Waals surface area contributed by atoms with Crippen molar-refractivity contribution in [2.45, 2.75) is 25.7 Å². The Labute approximate surface area is 132 Å². The molecule has 0 saturated heterocycles. The third kappa shape index (κ3) is 2.74. The van der Waals surface area contributed by atoms with Gasteiger partial charge in [-0.3, -0.25) is 0 Å². The van der Waals surface area contributed by atoms with Gasteiger partial charge in [-0.2, -0.15) is 0 Å². The van der Waals surface area contributed by atoms with Gasteiger partial charge in [0.2, 0.25) is 0 Å². The monoisotopic (exact) mass is 308 g/mol. The van der Waals surface area contributed by atoms with Gasteiger partial charge in [0.05, 0.1) is 0 Å². The standard InChI is InChI=1S/C20H21OP/c1-17(18-11-5-2-6-12-18)22(21,19-13-7-3-8-14-19)20-15-9-4-10-16-20/h3-4,7-11,13-16H,1-2,5-6,12H2. The van der Waals surface area contributed by atoms with Crippen molar-refractivity contribution >= 4 is 17.8 Å². The van der Waals surface area contributed by atoms with Crippen LogP contribution in [0.15, 0.2) is 84.2 Å². The van der Waals surface area contributed by atoms with Gasteiger partial charge in [-0.25, -0.2) is 0 Å². The quantitative estimate of drug-likeness (QED) is 0.725. The minimum Gasteiger partial charge on any atom is -0.309 e. The van der Waals surface area contributed by atoms with E-state index in [9.17, 15) is 4.57 Å². The van der Waals surface area contributed by atoms with E-state index in [1.807, 2.05) is 60.7 Å². The van der Waals surface area contributed by atoms with Crippen LogP contribution < -0.4 is 10.6 Å². The lowest BCUT2D eigenvalue weighted by Gasteiger charge is -2.25. The van der Waals surface area contributed by atoms with Gasteiger partial charge in [0.15, 0.2) is 7.14 Å². The third-order valence-corrected chi connectivity index (χ3v) is 7.38. The first-order chi connectivity index (χ1) is 10.7. The highest BCUT2D eigenvalue weighted by atomic mass is 31.2. The number of benzene rings is 2. The molecule has 0 amide bonds. The Morgan fingerprint density at radius 1 is 0.864 bits per heavy atom. The molecule has 2 aromatic carbocycles. The van der Waals surface area contributed by atoms with E-state index in [0.717, 1.165) is 35.2 Å². The van der Waals surface area contributed by atoms with E-state index in [0.29, 0.717) is 0 Å². The fraction of sp³-hybridized carbons (Fsp3) is 0.200. The minimum atomic E-state index is -2.85. The Morgan fingerprint density at radius 3 is 1.86 bits per heavy atom. The first-order valence-corrected chi connectivity index (χ1v) is 9.54. The van der Waals surface area contributed by atoms with Gasteiger partial charge in [-0.1, -0.05) is 73.3 Å². The molecule has 0 aromatic heterocycles. The summed E-state index contributed by atoms with van der Waals surface area (Å²) in [6.45, 7) is 4.27. The highest BCUT2D eigenvalue weighted by Gasteiger charge is 2.32. The van der Waals surface area contributed by atoms with Crippen LogP contribution in [0.4, 0.5) is 0 Å². The van der Waals surface area contributed by atoms with Gasteiger partial charge < -0.3 is 4.57 Å².